The fourth-order valence-corrected chi connectivity index (χ4v) is 2.83. The third-order valence-corrected chi connectivity index (χ3v) is 5.03. The quantitative estimate of drug-likeness (QED) is 0.202. The molecule has 0 bridgehead atoms. The molecule has 0 saturated heterocycles. The minimum atomic E-state index is -1.11. The van der Waals surface area contributed by atoms with Gasteiger partial charge in [-0.1, -0.05) is 53.5 Å². The Morgan fingerprint density at radius 3 is 2.08 bits per heavy atom. The zero-order valence-corrected chi connectivity index (χ0v) is 22.0. The number of carbonyl (C=O) groups excluding carboxylic acids is 3. The van der Waals surface area contributed by atoms with Crippen LogP contribution in [0.2, 0.25) is 0 Å². The van der Waals surface area contributed by atoms with E-state index in [1.807, 2.05) is 6.92 Å². The van der Waals surface area contributed by atoms with Crippen molar-refractivity contribution in [2.45, 2.75) is 79.4 Å². The Kier molecular flexibility index (Phi) is 13.5. The molecule has 0 aliphatic carbocycles. The number of aliphatic carboxylic acids is 1. The average Bonchev–Trinajstić information content (AvgIpc) is 2.80. The van der Waals surface area contributed by atoms with E-state index in [0.29, 0.717) is 5.56 Å². The van der Waals surface area contributed by atoms with Gasteiger partial charge in [-0.25, -0.2) is 4.79 Å². The molecule has 0 aliphatic rings. The molecule has 10 nitrogen and oxygen atoms in total. The summed E-state index contributed by atoms with van der Waals surface area (Å²) < 4.78 is 20.9. The van der Waals surface area contributed by atoms with Crippen LogP contribution in [0.1, 0.15) is 66.4 Å². The van der Waals surface area contributed by atoms with Gasteiger partial charge in [0.05, 0.1) is 18.4 Å². The normalized spacial score (nSPS) is 12.7. The molecule has 202 valence electrons. The number of nitrogens with one attached hydrogen (secondary N) is 1. The van der Waals surface area contributed by atoms with Gasteiger partial charge in [0.25, 0.3) is 0 Å². The molecule has 1 aromatic rings. The number of hydrogen-bond acceptors (Lipinski definition) is 9. The van der Waals surface area contributed by atoms with E-state index in [1.165, 1.54) is 12.1 Å². The van der Waals surface area contributed by atoms with E-state index in [9.17, 15) is 24.3 Å². The van der Waals surface area contributed by atoms with Gasteiger partial charge in [-0.3, -0.25) is 14.4 Å². The highest BCUT2D eigenvalue weighted by molar-refractivity contribution is 5.78. The van der Waals surface area contributed by atoms with Gasteiger partial charge in [0.15, 0.2) is 11.5 Å². The molecule has 10 heteroatoms. The Balaban J connectivity index is 2.86. The molecule has 0 heterocycles. The molecule has 2 atom stereocenters. The average molecular weight is 510 g/mol. The molecule has 0 radical (unpaired) electrons. The van der Waals surface area contributed by atoms with Crippen LogP contribution in [0, 0.1) is 11.8 Å². The topological polar surface area (TPSA) is 137 Å². The van der Waals surface area contributed by atoms with Crippen LogP contribution in [0.15, 0.2) is 18.2 Å². The number of benzene rings is 1. The Hall–Kier alpha value is -3.14. The summed E-state index contributed by atoms with van der Waals surface area (Å²) in [5, 5.41) is 12.5. The lowest BCUT2D eigenvalue weighted by Gasteiger charge is -2.19. The lowest BCUT2D eigenvalue weighted by molar-refractivity contribution is -0.140. The first kappa shape index (κ1) is 30.9. The highest BCUT2D eigenvalue weighted by Crippen LogP contribution is 2.30. The molecule has 1 aromatic carbocycles. The highest BCUT2D eigenvalue weighted by Gasteiger charge is 2.23. The van der Waals surface area contributed by atoms with Crippen molar-refractivity contribution in [3.05, 3.63) is 23.8 Å². The predicted octanol–water partition coefficient (Wildman–Crippen LogP) is 4.13. The fraction of sp³-hybridized carbons (Fsp3) is 0.615. The summed E-state index contributed by atoms with van der Waals surface area (Å²) in [6.45, 7) is 10.7. The van der Waals surface area contributed by atoms with Crippen LogP contribution in [0.3, 0.4) is 0 Å². The summed E-state index contributed by atoms with van der Waals surface area (Å²) in [4.78, 5) is 47.8. The first-order chi connectivity index (χ1) is 16.9. The second-order valence-electron chi connectivity index (χ2n) is 9.17. The second kappa shape index (κ2) is 15.8. The zero-order chi connectivity index (χ0) is 27.3. The number of unbranched alkanes of at least 4 members (excludes halogenated alkanes) is 2. The molecule has 36 heavy (non-hydrogen) atoms. The van der Waals surface area contributed by atoms with Gasteiger partial charge in [-0.15, -0.1) is 0 Å². The Morgan fingerprint density at radius 2 is 1.53 bits per heavy atom. The summed E-state index contributed by atoms with van der Waals surface area (Å²) in [6.07, 6.45) is 1.33. The van der Waals surface area contributed by atoms with Gasteiger partial charge in [0.1, 0.15) is 12.1 Å². The Bertz CT molecular complexity index is 882. The smallest absolute Gasteiger partial charge is 0.480 e. The summed E-state index contributed by atoms with van der Waals surface area (Å²) in [5.74, 6) is -2.83. The predicted molar refractivity (Wildman–Crippen MR) is 132 cm³/mol. The van der Waals surface area contributed by atoms with E-state index < -0.39 is 48.0 Å². The van der Waals surface area contributed by atoms with E-state index in [2.05, 4.69) is 5.32 Å². The molecule has 0 fully saturated rings. The number of rotatable bonds is 15. The van der Waals surface area contributed by atoms with Crippen LogP contribution in [0.4, 0.5) is 4.79 Å². The number of ether oxygens (including phenoxy) is 4. The van der Waals surface area contributed by atoms with Crippen molar-refractivity contribution in [1.29, 1.82) is 0 Å². The highest BCUT2D eigenvalue weighted by atomic mass is 16.7. The maximum atomic E-state index is 12.2. The van der Waals surface area contributed by atoms with E-state index >= 15 is 0 Å². The van der Waals surface area contributed by atoms with Gasteiger partial charge in [-0.2, -0.15) is 0 Å². The summed E-state index contributed by atoms with van der Waals surface area (Å²) in [7, 11) is 0. The van der Waals surface area contributed by atoms with Crippen molar-refractivity contribution in [1.82, 2.24) is 5.32 Å². The maximum Gasteiger partial charge on any atom is 0.508 e. The Labute approximate surface area is 212 Å². The number of carbonyl (C=O) groups is 4. The van der Waals surface area contributed by atoms with Crippen molar-refractivity contribution in [2.75, 3.05) is 13.2 Å². The number of esters is 2. The second-order valence-corrected chi connectivity index (χ2v) is 9.17. The number of hydrogen-bond donors (Lipinski definition) is 2. The minimum Gasteiger partial charge on any atom is -0.480 e. The van der Waals surface area contributed by atoms with Crippen LogP contribution in [0.25, 0.3) is 0 Å². The van der Waals surface area contributed by atoms with E-state index in [1.54, 1.807) is 40.7 Å². The largest absolute Gasteiger partial charge is 0.508 e. The molecule has 0 spiro atoms. The molecule has 1 rings (SSSR count). The molecular formula is C26H39NO9. The van der Waals surface area contributed by atoms with E-state index in [-0.39, 0.29) is 31.1 Å². The van der Waals surface area contributed by atoms with Crippen LogP contribution >= 0.6 is 0 Å². The van der Waals surface area contributed by atoms with Crippen LogP contribution in [0.5, 0.6) is 11.5 Å². The molecular weight excluding hydrogens is 470 g/mol. The van der Waals surface area contributed by atoms with Gasteiger partial charge in [0, 0.05) is 6.54 Å². The minimum absolute atomic E-state index is 0.0341. The van der Waals surface area contributed by atoms with E-state index in [0.717, 1.165) is 19.3 Å². The van der Waals surface area contributed by atoms with Gasteiger partial charge in [0.2, 0.25) is 0 Å². The van der Waals surface area contributed by atoms with Crippen LogP contribution in [-0.4, -0.2) is 54.5 Å². The fourth-order valence-electron chi connectivity index (χ4n) is 2.83. The van der Waals surface area contributed by atoms with Crippen molar-refractivity contribution >= 4 is 24.1 Å². The SMILES string of the molecule is CCCCCOC(=O)OC(C)CN[C@@H](Cc1ccc(OC(=O)C(C)C)c(OC(=O)C(C)C)c1)C(=O)O. The lowest BCUT2D eigenvalue weighted by atomic mass is 10.0. The molecule has 1 unspecified atom stereocenters. The van der Waals surface area contributed by atoms with Gasteiger partial charge < -0.3 is 29.4 Å². The van der Waals surface area contributed by atoms with Gasteiger partial charge >= 0.3 is 24.1 Å². The van der Waals surface area contributed by atoms with Crippen molar-refractivity contribution < 1.29 is 43.2 Å². The lowest BCUT2D eigenvalue weighted by Crippen LogP contribution is -2.42. The van der Waals surface area contributed by atoms with Crippen molar-refractivity contribution in [3.63, 3.8) is 0 Å². The summed E-state index contributed by atoms with van der Waals surface area (Å²) in [6, 6.07) is 3.53. The van der Waals surface area contributed by atoms with E-state index in [4.69, 9.17) is 18.9 Å². The standard InChI is InChI=1S/C26H39NO9/c1-7-8-9-12-33-26(32)34-18(6)15-27-20(23(28)29)13-19-10-11-21(35-24(30)16(2)3)22(14-19)36-25(31)17(4)5/h10-11,14,16-18,20,27H,7-9,12-13,15H2,1-6H3,(H,28,29)/t18?,20-/m0/s1. The first-order valence-electron chi connectivity index (χ1n) is 12.3. The van der Waals surface area contributed by atoms with Crippen molar-refractivity contribution in [2.24, 2.45) is 11.8 Å². The number of carboxylic acids is 1. The third-order valence-electron chi connectivity index (χ3n) is 5.03. The summed E-state index contributed by atoms with van der Waals surface area (Å²) in [5.41, 5.74) is 0.537. The van der Waals surface area contributed by atoms with Gasteiger partial charge in [-0.05, 0) is 37.5 Å². The summed E-state index contributed by atoms with van der Waals surface area (Å²) >= 11 is 0. The van der Waals surface area contributed by atoms with Crippen LogP contribution < -0.4 is 14.8 Å². The maximum absolute atomic E-state index is 12.2. The zero-order valence-electron chi connectivity index (χ0n) is 22.0. The molecule has 0 aromatic heterocycles. The molecule has 0 aliphatic heterocycles. The first-order valence-corrected chi connectivity index (χ1v) is 12.3. The monoisotopic (exact) mass is 509 g/mol. The van der Waals surface area contributed by atoms with Crippen LogP contribution in [-0.2, 0) is 30.3 Å². The molecule has 0 saturated carbocycles. The Morgan fingerprint density at radius 1 is 0.917 bits per heavy atom. The van der Waals surface area contributed by atoms with Crippen molar-refractivity contribution in [3.8, 4) is 11.5 Å². The molecule has 0 amide bonds. The number of carboxylic acid groups (broad SMARTS) is 1. The third kappa shape index (κ3) is 11.5. The molecule has 2 N–H and O–H groups in total.